The van der Waals surface area contributed by atoms with Crippen LogP contribution in [0, 0.1) is 0 Å². The summed E-state index contributed by atoms with van der Waals surface area (Å²) in [4.78, 5) is 2.18. The second-order valence-corrected chi connectivity index (χ2v) is 4.02. The summed E-state index contributed by atoms with van der Waals surface area (Å²) in [5.41, 5.74) is 6.39. The highest BCUT2D eigenvalue weighted by Gasteiger charge is 2.04. The molecule has 1 aromatic carbocycles. The van der Waals surface area contributed by atoms with Gasteiger partial charge in [0.2, 0.25) is 0 Å². The molecule has 3 heteroatoms. The predicted octanol–water partition coefficient (Wildman–Crippen LogP) is 1.99. The number of nitrogens with zero attached hydrogens (tertiary/aromatic N) is 1. The zero-order valence-electron chi connectivity index (χ0n) is 9.73. The van der Waals surface area contributed by atoms with E-state index in [0.717, 1.165) is 24.5 Å². The molecule has 1 unspecified atom stereocenters. The lowest BCUT2D eigenvalue weighted by atomic mass is 10.2. The molecule has 3 nitrogen and oxygen atoms in total. The average molecular weight is 208 g/mol. The molecule has 0 radical (unpaired) electrons. The van der Waals surface area contributed by atoms with Crippen LogP contribution in [0.1, 0.15) is 13.3 Å². The van der Waals surface area contributed by atoms with E-state index in [1.54, 1.807) is 0 Å². The SMILES string of the molecule is CC(CCOc1cccc(N)c1)N(C)C. The quantitative estimate of drug-likeness (QED) is 0.752. The van der Waals surface area contributed by atoms with E-state index in [0.29, 0.717) is 6.04 Å². The maximum atomic E-state index is 5.65. The smallest absolute Gasteiger partial charge is 0.121 e. The molecule has 0 aliphatic carbocycles. The van der Waals surface area contributed by atoms with E-state index in [2.05, 4.69) is 25.9 Å². The molecule has 0 amide bonds. The van der Waals surface area contributed by atoms with Crippen LogP contribution in [-0.2, 0) is 0 Å². The van der Waals surface area contributed by atoms with Gasteiger partial charge in [-0.2, -0.15) is 0 Å². The Morgan fingerprint density at radius 2 is 2.13 bits per heavy atom. The number of hydrogen-bond donors (Lipinski definition) is 1. The lowest BCUT2D eigenvalue weighted by molar-refractivity contribution is 0.233. The molecule has 0 aliphatic heterocycles. The fourth-order valence-corrected chi connectivity index (χ4v) is 1.21. The molecule has 0 heterocycles. The van der Waals surface area contributed by atoms with Crippen molar-refractivity contribution in [1.82, 2.24) is 4.90 Å². The second kappa shape index (κ2) is 5.61. The van der Waals surface area contributed by atoms with Crippen LogP contribution < -0.4 is 10.5 Å². The first-order chi connectivity index (χ1) is 7.09. The van der Waals surface area contributed by atoms with Crippen molar-refractivity contribution in [3.05, 3.63) is 24.3 Å². The minimum atomic E-state index is 0.533. The van der Waals surface area contributed by atoms with Crippen molar-refractivity contribution in [2.45, 2.75) is 19.4 Å². The third-order valence-corrected chi connectivity index (χ3v) is 2.54. The van der Waals surface area contributed by atoms with Crippen LogP contribution in [-0.4, -0.2) is 31.6 Å². The van der Waals surface area contributed by atoms with E-state index in [-0.39, 0.29) is 0 Å². The fraction of sp³-hybridized carbons (Fsp3) is 0.500. The summed E-state index contributed by atoms with van der Waals surface area (Å²) in [5.74, 6) is 0.848. The lowest BCUT2D eigenvalue weighted by Crippen LogP contribution is -2.26. The standard InChI is InChI=1S/C12H20N2O/c1-10(14(2)3)7-8-15-12-6-4-5-11(13)9-12/h4-6,9-10H,7-8,13H2,1-3H3. The van der Waals surface area contributed by atoms with Gasteiger partial charge in [0.1, 0.15) is 5.75 Å². The van der Waals surface area contributed by atoms with Crippen molar-refractivity contribution in [2.75, 3.05) is 26.4 Å². The number of rotatable bonds is 5. The van der Waals surface area contributed by atoms with Crippen LogP contribution in [0.25, 0.3) is 0 Å². The van der Waals surface area contributed by atoms with E-state index in [1.807, 2.05) is 24.3 Å². The van der Waals surface area contributed by atoms with Gasteiger partial charge < -0.3 is 15.4 Å². The Morgan fingerprint density at radius 3 is 2.73 bits per heavy atom. The Morgan fingerprint density at radius 1 is 1.40 bits per heavy atom. The summed E-state index contributed by atoms with van der Waals surface area (Å²) >= 11 is 0. The second-order valence-electron chi connectivity index (χ2n) is 4.02. The molecule has 0 saturated heterocycles. The maximum absolute atomic E-state index is 5.65. The van der Waals surface area contributed by atoms with Crippen molar-refractivity contribution >= 4 is 5.69 Å². The van der Waals surface area contributed by atoms with Gasteiger partial charge in [0.25, 0.3) is 0 Å². The molecule has 1 aromatic rings. The van der Waals surface area contributed by atoms with Crippen molar-refractivity contribution in [3.8, 4) is 5.75 Å². The third-order valence-electron chi connectivity index (χ3n) is 2.54. The molecule has 1 rings (SSSR count). The van der Waals surface area contributed by atoms with Crippen molar-refractivity contribution in [2.24, 2.45) is 0 Å². The molecule has 0 bridgehead atoms. The molecule has 1 atom stereocenters. The highest BCUT2D eigenvalue weighted by atomic mass is 16.5. The molecule has 0 saturated carbocycles. The maximum Gasteiger partial charge on any atom is 0.121 e. The van der Waals surface area contributed by atoms with Crippen LogP contribution in [0.15, 0.2) is 24.3 Å². The number of nitrogens with two attached hydrogens (primary N) is 1. The van der Waals surface area contributed by atoms with E-state index in [4.69, 9.17) is 10.5 Å². The van der Waals surface area contributed by atoms with Gasteiger partial charge in [0, 0.05) is 17.8 Å². The molecular weight excluding hydrogens is 188 g/mol. The molecule has 84 valence electrons. The molecule has 2 N–H and O–H groups in total. The minimum Gasteiger partial charge on any atom is -0.493 e. The molecule has 0 aromatic heterocycles. The normalized spacial score (nSPS) is 12.8. The lowest BCUT2D eigenvalue weighted by Gasteiger charge is -2.19. The fourth-order valence-electron chi connectivity index (χ4n) is 1.21. The largest absolute Gasteiger partial charge is 0.493 e. The van der Waals surface area contributed by atoms with Crippen LogP contribution >= 0.6 is 0 Å². The Kier molecular flexibility index (Phi) is 4.43. The van der Waals surface area contributed by atoms with Crippen molar-refractivity contribution in [3.63, 3.8) is 0 Å². The Labute approximate surface area is 91.8 Å². The first kappa shape index (κ1) is 11.9. The zero-order chi connectivity index (χ0) is 11.3. The summed E-state index contributed by atoms with van der Waals surface area (Å²) in [5, 5.41) is 0. The number of nitrogen functional groups attached to an aromatic ring is 1. The molecular formula is C12H20N2O. The summed E-state index contributed by atoms with van der Waals surface area (Å²) in [6.45, 7) is 2.91. The number of hydrogen-bond acceptors (Lipinski definition) is 3. The van der Waals surface area contributed by atoms with Gasteiger partial charge in [-0.1, -0.05) is 6.07 Å². The average Bonchev–Trinajstić information content (AvgIpc) is 2.17. The first-order valence-electron chi connectivity index (χ1n) is 5.24. The number of ether oxygens (including phenoxy) is 1. The van der Waals surface area contributed by atoms with Crippen molar-refractivity contribution < 1.29 is 4.74 Å². The van der Waals surface area contributed by atoms with E-state index in [9.17, 15) is 0 Å². The molecule has 0 spiro atoms. The van der Waals surface area contributed by atoms with Gasteiger partial charge in [-0.3, -0.25) is 0 Å². The zero-order valence-corrected chi connectivity index (χ0v) is 9.73. The molecule has 0 aliphatic rings. The Hall–Kier alpha value is -1.22. The highest BCUT2D eigenvalue weighted by Crippen LogP contribution is 2.14. The van der Waals surface area contributed by atoms with Crippen molar-refractivity contribution in [1.29, 1.82) is 0 Å². The Bertz CT molecular complexity index is 299. The molecule has 0 fully saturated rings. The van der Waals surface area contributed by atoms with Gasteiger partial charge in [0.05, 0.1) is 6.61 Å². The Balaban J connectivity index is 2.32. The number of benzene rings is 1. The highest BCUT2D eigenvalue weighted by molar-refractivity contribution is 5.43. The van der Waals surface area contributed by atoms with Gasteiger partial charge in [0.15, 0.2) is 0 Å². The monoisotopic (exact) mass is 208 g/mol. The van der Waals surface area contributed by atoms with Gasteiger partial charge in [-0.05, 0) is 39.6 Å². The summed E-state index contributed by atoms with van der Waals surface area (Å²) in [6, 6.07) is 8.07. The summed E-state index contributed by atoms with van der Waals surface area (Å²) < 4.78 is 5.60. The van der Waals surface area contributed by atoms with Crippen LogP contribution in [0.4, 0.5) is 5.69 Å². The molecule has 15 heavy (non-hydrogen) atoms. The van der Waals surface area contributed by atoms with Crippen LogP contribution in [0.5, 0.6) is 5.75 Å². The van der Waals surface area contributed by atoms with Gasteiger partial charge in [-0.15, -0.1) is 0 Å². The topological polar surface area (TPSA) is 38.5 Å². The number of anilines is 1. The third kappa shape index (κ3) is 4.21. The van der Waals surface area contributed by atoms with Gasteiger partial charge >= 0.3 is 0 Å². The van der Waals surface area contributed by atoms with Crippen LogP contribution in [0.2, 0.25) is 0 Å². The summed E-state index contributed by atoms with van der Waals surface area (Å²) in [6.07, 6.45) is 1.02. The van der Waals surface area contributed by atoms with Crippen LogP contribution in [0.3, 0.4) is 0 Å². The predicted molar refractivity (Wildman–Crippen MR) is 64.1 cm³/mol. The first-order valence-corrected chi connectivity index (χ1v) is 5.24. The summed E-state index contributed by atoms with van der Waals surface area (Å²) in [7, 11) is 4.15. The minimum absolute atomic E-state index is 0.533. The van der Waals surface area contributed by atoms with Gasteiger partial charge in [-0.25, -0.2) is 0 Å². The van der Waals surface area contributed by atoms with E-state index in [1.165, 1.54) is 0 Å². The van der Waals surface area contributed by atoms with E-state index < -0.39 is 0 Å². The van der Waals surface area contributed by atoms with E-state index >= 15 is 0 Å².